The predicted molar refractivity (Wildman–Crippen MR) is 108 cm³/mol. The van der Waals surface area contributed by atoms with Crippen LogP contribution in [0.2, 0.25) is 0 Å². The highest BCUT2D eigenvalue weighted by molar-refractivity contribution is 5.90. The Morgan fingerprint density at radius 3 is 2.50 bits per heavy atom. The molecule has 28 heavy (non-hydrogen) atoms. The second kappa shape index (κ2) is 9.82. The maximum atomic E-state index is 12.3. The van der Waals surface area contributed by atoms with Gasteiger partial charge in [-0.05, 0) is 32.1 Å². The van der Waals surface area contributed by atoms with Crippen molar-refractivity contribution in [1.82, 2.24) is 10.2 Å². The van der Waals surface area contributed by atoms with E-state index < -0.39 is 17.1 Å². The van der Waals surface area contributed by atoms with Crippen LogP contribution in [-0.2, 0) is 0 Å². The van der Waals surface area contributed by atoms with Gasteiger partial charge >= 0.3 is 6.03 Å². The van der Waals surface area contributed by atoms with E-state index in [-0.39, 0.29) is 18.2 Å². The van der Waals surface area contributed by atoms with Crippen LogP contribution in [0.1, 0.15) is 17.2 Å². The average Bonchev–Trinajstić information content (AvgIpc) is 2.66. The lowest BCUT2D eigenvalue weighted by molar-refractivity contribution is -0.384. The number of benzene rings is 2. The van der Waals surface area contributed by atoms with E-state index >= 15 is 0 Å². The number of rotatable bonds is 8. The molecule has 0 radical (unpaired) electrons. The van der Waals surface area contributed by atoms with Crippen LogP contribution in [0.5, 0.6) is 0 Å². The summed E-state index contributed by atoms with van der Waals surface area (Å²) in [5.41, 5.74) is 1.78. The third kappa shape index (κ3) is 6.04. The van der Waals surface area contributed by atoms with E-state index in [0.29, 0.717) is 12.2 Å². The molecule has 2 rings (SSSR count). The van der Waals surface area contributed by atoms with Crippen LogP contribution in [0, 0.1) is 23.0 Å². The molecular weight excluding hydrogens is 360 g/mol. The number of nitrogens with zero attached hydrogens (tertiary/aromatic N) is 2. The number of aliphatic hydroxyl groups excluding tert-OH is 1. The number of nitro benzene ring substituents is 1. The fraction of sp³-hybridized carbons (Fsp3) is 0.350. The molecule has 0 aliphatic rings. The maximum absolute atomic E-state index is 12.3. The van der Waals surface area contributed by atoms with E-state index in [0.717, 1.165) is 11.1 Å². The van der Waals surface area contributed by atoms with Gasteiger partial charge in [-0.3, -0.25) is 10.1 Å². The lowest BCUT2D eigenvalue weighted by Crippen LogP contribution is -2.39. The van der Waals surface area contributed by atoms with Gasteiger partial charge < -0.3 is 20.6 Å². The summed E-state index contributed by atoms with van der Waals surface area (Å²) in [4.78, 5) is 24.7. The minimum absolute atomic E-state index is 0.0918. The summed E-state index contributed by atoms with van der Waals surface area (Å²) in [6, 6.07) is 13.1. The second-order valence-electron chi connectivity index (χ2n) is 6.97. The second-order valence-corrected chi connectivity index (χ2v) is 6.97. The van der Waals surface area contributed by atoms with Crippen molar-refractivity contribution in [3.05, 3.63) is 69.8 Å². The van der Waals surface area contributed by atoms with Gasteiger partial charge in [0, 0.05) is 31.1 Å². The van der Waals surface area contributed by atoms with Crippen LogP contribution in [0.25, 0.3) is 0 Å². The normalized spacial score (nSPS) is 13.0. The molecule has 0 unspecified atom stereocenters. The van der Waals surface area contributed by atoms with Crippen molar-refractivity contribution < 1.29 is 14.8 Å². The Kier molecular flexibility index (Phi) is 7.48. The molecule has 8 heteroatoms. The largest absolute Gasteiger partial charge is 0.388 e. The number of hydrogen-bond donors (Lipinski definition) is 3. The van der Waals surface area contributed by atoms with Crippen LogP contribution in [-0.4, -0.2) is 48.1 Å². The maximum Gasteiger partial charge on any atom is 0.319 e. The molecule has 2 atom stereocenters. The first-order valence-corrected chi connectivity index (χ1v) is 8.95. The molecule has 2 aromatic carbocycles. The molecule has 2 aromatic rings. The Morgan fingerprint density at radius 2 is 1.89 bits per heavy atom. The summed E-state index contributed by atoms with van der Waals surface area (Å²) in [6.07, 6.45) is -0.733. The molecule has 0 aromatic heterocycles. The topological polar surface area (TPSA) is 108 Å². The Bertz CT molecular complexity index is 811. The number of aryl methyl sites for hydroxylation is 1. The molecule has 0 bridgehead atoms. The molecule has 0 spiro atoms. The molecule has 0 heterocycles. The molecule has 0 aliphatic carbocycles. The van der Waals surface area contributed by atoms with Crippen LogP contribution >= 0.6 is 0 Å². The predicted octanol–water partition coefficient (Wildman–Crippen LogP) is 2.94. The van der Waals surface area contributed by atoms with Crippen molar-refractivity contribution in [2.24, 2.45) is 5.92 Å². The summed E-state index contributed by atoms with van der Waals surface area (Å²) in [5.74, 6) is -0.227. The molecule has 150 valence electrons. The zero-order valence-corrected chi connectivity index (χ0v) is 16.3. The Balaban J connectivity index is 2.03. The van der Waals surface area contributed by atoms with Crippen molar-refractivity contribution in [3.8, 4) is 0 Å². The minimum atomic E-state index is -0.733. The van der Waals surface area contributed by atoms with E-state index in [9.17, 15) is 20.0 Å². The summed E-state index contributed by atoms with van der Waals surface area (Å²) < 4.78 is 0. The zero-order chi connectivity index (χ0) is 20.7. The molecule has 0 saturated carbocycles. The highest BCUT2D eigenvalue weighted by Crippen LogP contribution is 2.23. The van der Waals surface area contributed by atoms with Gasteiger partial charge in [0.15, 0.2) is 0 Å². The molecule has 0 aliphatic heterocycles. The standard InChI is InChI=1S/C20H26N4O4/c1-14-9-10-17(24(27)28)11-18(14)22-20(26)21-12-16(13-23(2)3)19(25)15-7-5-4-6-8-15/h4-11,16,19,25H,12-13H2,1-3H3,(H2,21,22,26)/t16-,19+/m0/s1. The molecule has 0 fully saturated rings. The number of carbonyl (C=O) groups excluding carboxylic acids is 1. The van der Waals surface area contributed by atoms with Gasteiger partial charge in [0.1, 0.15) is 0 Å². The third-order valence-corrected chi connectivity index (χ3v) is 4.39. The van der Waals surface area contributed by atoms with E-state index in [1.165, 1.54) is 12.1 Å². The average molecular weight is 386 g/mol. The van der Waals surface area contributed by atoms with Crippen molar-refractivity contribution >= 4 is 17.4 Å². The number of amides is 2. The molecular formula is C20H26N4O4. The number of hydrogen-bond acceptors (Lipinski definition) is 5. The van der Waals surface area contributed by atoms with Crippen molar-refractivity contribution in [2.75, 3.05) is 32.5 Å². The number of urea groups is 1. The van der Waals surface area contributed by atoms with Crippen molar-refractivity contribution in [2.45, 2.75) is 13.0 Å². The molecule has 2 amide bonds. The Morgan fingerprint density at radius 1 is 1.21 bits per heavy atom. The first kappa shape index (κ1) is 21.3. The number of carbonyl (C=O) groups is 1. The molecule has 0 saturated heterocycles. The van der Waals surface area contributed by atoms with Gasteiger partial charge in [-0.1, -0.05) is 36.4 Å². The van der Waals surface area contributed by atoms with E-state index in [2.05, 4.69) is 10.6 Å². The van der Waals surface area contributed by atoms with Gasteiger partial charge in [-0.25, -0.2) is 4.79 Å². The monoisotopic (exact) mass is 386 g/mol. The van der Waals surface area contributed by atoms with Crippen LogP contribution < -0.4 is 10.6 Å². The first-order valence-electron chi connectivity index (χ1n) is 8.95. The van der Waals surface area contributed by atoms with Crippen LogP contribution in [0.3, 0.4) is 0 Å². The first-order chi connectivity index (χ1) is 13.3. The van der Waals surface area contributed by atoms with Crippen LogP contribution in [0.4, 0.5) is 16.2 Å². The quantitative estimate of drug-likeness (QED) is 0.478. The number of non-ortho nitro benzene ring substituents is 1. The number of anilines is 1. The smallest absolute Gasteiger partial charge is 0.319 e. The van der Waals surface area contributed by atoms with Crippen LogP contribution in [0.15, 0.2) is 48.5 Å². The SMILES string of the molecule is Cc1ccc([N+](=O)[O-])cc1NC(=O)NC[C@@H](CN(C)C)[C@H](O)c1ccccc1. The molecule has 3 N–H and O–H groups in total. The number of aliphatic hydroxyl groups is 1. The van der Waals surface area contributed by atoms with Gasteiger partial charge in [0.05, 0.1) is 16.7 Å². The summed E-state index contributed by atoms with van der Waals surface area (Å²) in [5, 5.41) is 27.0. The van der Waals surface area contributed by atoms with Crippen molar-refractivity contribution in [3.63, 3.8) is 0 Å². The summed E-state index contributed by atoms with van der Waals surface area (Å²) >= 11 is 0. The zero-order valence-electron chi connectivity index (χ0n) is 16.3. The fourth-order valence-electron chi connectivity index (χ4n) is 2.92. The number of nitrogens with one attached hydrogen (secondary N) is 2. The van der Waals surface area contributed by atoms with Crippen molar-refractivity contribution in [1.29, 1.82) is 0 Å². The van der Waals surface area contributed by atoms with E-state index in [4.69, 9.17) is 0 Å². The minimum Gasteiger partial charge on any atom is -0.388 e. The van der Waals surface area contributed by atoms with Gasteiger partial charge in [0.2, 0.25) is 0 Å². The van der Waals surface area contributed by atoms with E-state index in [1.54, 1.807) is 13.0 Å². The lowest BCUT2D eigenvalue weighted by Gasteiger charge is -2.26. The van der Waals surface area contributed by atoms with Gasteiger partial charge in [-0.2, -0.15) is 0 Å². The number of nitro groups is 1. The Hall–Kier alpha value is -2.97. The fourth-order valence-corrected chi connectivity index (χ4v) is 2.92. The van der Waals surface area contributed by atoms with Gasteiger partial charge in [-0.15, -0.1) is 0 Å². The summed E-state index contributed by atoms with van der Waals surface area (Å²) in [7, 11) is 3.80. The van der Waals surface area contributed by atoms with Gasteiger partial charge in [0.25, 0.3) is 5.69 Å². The van der Waals surface area contributed by atoms with E-state index in [1.807, 2.05) is 49.3 Å². The third-order valence-electron chi connectivity index (χ3n) is 4.39. The Labute approximate surface area is 164 Å². The highest BCUT2D eigenvalue weighted by Gasteiger charge is 2.22. The molecule has 8 nitrogen and oxygen atoms in total. The lowest BCUT2D eigenvalue weighted by atomic mass is 9.95. The summed E-state index contributed by atoms with van der Waals surface area (Å²) in [6.45, 7) is 2.58. The highest BCUT2D eigenvalue weighted by atomic mass is 16.6.